The molecule has 2 fully saturated rings. The average molecular weight is 333 g/mol. The van der Waals surface area contributed by atoms with Gasteiger partial charge in [-0.3, -0.25) is 9.48 Å². The van der Waals surface area contributed by atoms with E-state index in [0.717, 1.165) is 50.5 Å². The number of aliphatic hydroxyl groups excluding tert-OH is 1. The van der Waals surface area contributed by atoms with Crippen LogP contribution >= 0.6 is 0 Å². The fourth-order valence-corrected chi connectivity index (χ4v) is 4.10. The number of amides is 1. The largest absolute Gasteiger partial charge is 0.394 e. The van der Waals surface area contributed by atoms with Gasteiger partial charge in [-0.1, -0.05) is 0 Å². The molecule has 2 N–H and O–H groups in total. The lowest BCUT2D eigenvalue weighted by Gasteiger charge is -2.23. The number of ether oxygens (including phenoxy) is 1. The lowest BCUT2D eigenvalue weighted by Crippen LogP contribution is -2.46. The van der Waals surface area contributed by atoms with E-state index in [1.54, 1.807) is 0 Å². The third-order valence-corrected chi connectivity index (χ3v) is 5.67. The molecule has 1 saturated heterocycles. The predicted molar refractivity (Wildman–Crippen MR) is 89.0 cm³/mol. The molecule has 132 valence electrons. The molecule has 0 bridgehead atoms. The summed E-state index contributed by atoms with van der Waals surface area (Å²) >= 11 is 0. The number of fused-ring (bicyclic) bond motifs is 3. The Balaban J connectivity index is 1.58. The summed E-state index contributed by atoms with van der Waals surface area (Å²) < 4.78 is 7.57. The number of hydrogen-bond acceptors (Lipinski definition) is 4. The zero-order valence-electron chi connectivity index (χ0n) is 14.5. The average Bonchev–Trinajstić information content (AvgIpc) is 3.07. The summed E-state index contributed by atoms with van der Waals surface area (Å²) in [5.74, 6) is 1.76. The SMILES string of the molecule is CC(C)(CO)NC(=O)c1nn(CC2CCOCC2)c2c1C[C@H]1C[C@@H]21. The fourth-order valence-electron chi connectivity index (χ4n) is 4.10. The van der Waals surface area contributed by atoms with Crippen molar-refractivity contribution in [3.63, 3.8) is 0 Å². The number of aromatic nitrogens is 2. The van der Waals surface area contributed by atoms with Crippen LogP contribution in [0.25, 0.3) is 0 Å². The zero-order valence-corrected chi connectivity index (χ0v) is 14.5. The van der Waals surface area contributed by atoms with Crippen LogP contribution in [0.4, 0.5) is 0 Å². The van der Waals surface area contributed by atoms with Crippen molar-refractivity contribution in [3.8, 4) is 0 Å². The van der Waals surface area contributed by atoms with E-state index < -0.39 is 5.54 Å². The number of aliphatic hydroxyl groups is 1. The monoisotopic (exact) mass is 333 g/mol. The Bertz CT molecular complexity index is 646. The van der Waals surface area contributed by atoms with Crippen LogP contribution in [-0.4, -0.2) is 46.2 Å². The first-order chi connectivity index (χ1) is 11.5. The molecule has 2 heterocycles. The van der Waals surface area contributed by atoms with Crippen LogP contribution in [0.3, 0.4) is 0 Å². The second-order valence-corrected chi connectivity index (χ2v) is 8.25. The number of nitrogens with zero attached hydrogens (tertiary/aromatic N) is 2. The van der Waals surface area contributed by atoms with Gasteiger partial charge in [0.05, 0.1) is 12.1 Å². The Hall–Kier alpha value is -1.40. The first-order valence-electron chi connectivity index (χ1n) is 9.09. The Labute approximate surface area is 142 Å². The molecule has 2 atom stereocenters. The molecule has 4 rings (SSSR count). The van der Waals surface area contributed by atoms with E-state index in [9.17, 15) is 9.90 Å². The highest BCUT2D eigenvalue weighted by Gasteiger charge is 2.50. The third-order valence-electron chi connectivity index (χ3n) is 5.67. The van der Waals surface area contributed by atoms with E-state index in [1.165, 1.54) is 12.1 Å². The molecule has 0 radical (unpaired) electrons. The van der Waals surface area contributed by atoms with Gasteiger partial charge in [0, 0.05) is 36.9 Å². The van der Waals surface area contributed by atoms with Crippen molar-refractivity contribution in [2.45, 2.75) is 57.5 Å². The summed E-state index contributed by atoms with van der Waals surface area (Å²) in [5.41, 5.74) is 2.40. The van der Waals surface area contributed by atoms with E-state index in [2.05, 4.69) is 10.00 Å². The lowest BCUT2D eigenvalue weighted by molar-refractivity contribution is 0.0597. The van der Waals surface area contributed by atoms with Gasteiger partial charge in [-0.25, -0.2) is 0 Å². The highest BCUT2D eigenvalue weighted by atomic mass is 16.5. The molecule has 0 spiro atoms. The summed E-state index contributed by atoms with van der Waals surface area (Å²) in [4.78, 5) is 12.7. The molecule has 1 saturated carbocycles. The molecule has 2 aliphatic carbocycles. The van der Waals surface area contributed by atoms with Crippen molar-refractivity contribution in [2.75, 3.05) is 19.8 Å². The third kappa shape index (κ3) is 2.86. The molecular formula is C18H27N3O3. The Morgan fingerprint density at radius 2 is 2.17 bits per heavy atom. The van der Waals surface area contributed by atoms with Crippen LogP contribution in [0.5, 0.6) is 0 Å². The van der Waals surface area contributed by atoms with Crippen LogP contribution in [0.2, 0.25) is 0 Å². The minimum Gasteiger partial charge on any atom is -0.394 e. The zero-order chi connectivity index (χ0) is 16.9. The number of carbonyl (C=O) groups is 1. The number of hydrogen-bond donors (Lipinski definition) is 2. The smallest absolute Gasteiger partial charge is 0.272 e. The van der Waals surface area contributed by atoms with Crippen LogP contribution in [0.15, 0.2) is 0 Å². The van der Waals surface area contributed by atoms with Crippen molar-refractivity contribution in [1.82, 2.24) is 15.1 Å². The van der Waals surface area contributed by atoms with E-state index in [1.807, 2.05) is 13.8 Å². The maximum Gasteiger partial charge on any atom is 0.272 e. The predicted octanol–water partition coefficient (Wildman–Crippen LogP) is 1.47. The molecule has 6 heteroatoms. The van der Waals surface area contributed by atoms with Crippen molar-refractivity contribution >= 4 is 5.91 Å². The van der Waals surface area contributed by atoms with Crippen LogP contribution < -0.4 is 5.32 Å². The number of carbonyl (C=O) groups excluding carboxylic acids is 1. The van der Waals surface area contributed by atoms with Crippen molar-refractivity contribution in [3.05, 3.63) is 17.0 Å². The fraction of sp³-hybridized carbons (Fsp3) is 0.778. The van der Waals surface area contributed by atoms with E-state index in [-0.39, 0.29) is 12.5 Å². The molecule has 24 heavy (non-hydrogen) atoms. The Morgan fingerprint density at radius 3 is 2.88 bits per heavy atom. The van der Waals surface area contributed by atoms with Gasteiger partial charge in [0.25, 0.3) is 5.91 Å². The van der Waals surface area contributed by atoms with Gasteiger partial charge in [-0.15, -0.1) is 0 Å². The van der Waals surface area contributed by atoms with Crippen molar-refractivity contribution in [1.29, 1.82) is 0 Å². The van der Waals surface area contributed by atoms with Gasteiger partial charge in [0.15, 0.2) is 5.69 Å². The molecule has 0 unspecified atom stereocenters. The molecule has 3 aliphatic rings. The van der Waals surface area contributed by atoms with Gasteiger partial charge < -0.3 is 15.2 Å². The van der Waals surface area contributed by atoms with Crippen LogP contribution in [0.1, 0.15) is 60.8 Å². The van der Waals surface area contributed by atoms with Gasteiger partial charge in [-0.2, -0.15) is 5.10 Å². The summed E-state index contributed by atoms with van der Waals surface area (Å²) in [6.45, 7) is 6.11. The molecule has 1 aromatic heterocycles. The van der Waals surface area contributed by atoms with Gasteiger partial charge in [-0.05, 0) is 51.4 Å². The summed E-state index contributed by atoms with van der Waals surface area (Å²) in [7, 11) is 0. The van der Waals surface area contributed by atoms with Crippen molar-refractivity contribution in [2.24, 2.45) is 11.8 Å². The quantitative estimate of drug-likeness (QED) is 0.855. The first kappa shape index (κ1) is 16.1. The summed E-state index contributed by atoms with van der Waals surface area (Å²) in [5, 5.41) is 17.0. The molecule has 0 aromatic carbocycles. The second-order valence-electron chi connectivity index (χ2n) is 8.25. The highest BCUT2D eigenvalue weighted by molar-refractivity contribution is 5.94. The molecule has 1 aliphatic heterocycles. The van der Waals surface area contributed by atoms with E-state index in [0.29, 0.717) is 17.5 Å². The lowest BCUT2D eigenvalue weighted by atomic mass is 10.0. The van der Waals surface area contributed by atoms with Crippen LogP contribution in [0, 0.1) is 11.8 Å². The number of rotatable bonds is 5. The second kappa shape index (κ2) is 5.85. The Kier molecular flexibility index (Phi) is 3.92. The van der Waals surface area contributed by atoms with E-state index in [4.69, 9.17) is 9.84 Å². The van der Waals surface area contributed by atoms with Crippen LogP contribution in [-0.2, 0) is 17.7 Å². The Morgan fingerprint density at radius 1 is 1.42 bits per heavy atom. The standard InChI is InChI=1S/C18H27N3O3/c1-18(2,10-22)19-17(23)15-14-8-12-7-13(12)16(14)21(20-15)9-11-3-5-24-6-4-11/h11-13,22H,3-10H2,1-2H3,(H,19,23)/t12-,13-/m1/s1. The topological polar surface area (TPSA) is 76.4 Å². The summed E-state index contributed by atoms with van der Waals surface area (Å²) in [6.07, 6.45) is 4.37. The maximum absolute atomic E-state index is 12.7. The first-order valence-corrected chi connectivity index (χ1v) is 9.09. The maximum atomic E-state index is 12.7. The molecule has 1 aromatic rings. The normalized spacial score (nSPS) is 26.1. The summed E-state index contributed by atoms with van der Waals surface area (Å²) in [6, 6.07) is 0. The van der Waals surface area contributed by atoms with Gasteiger partial charge >= 0.3 is 0 Å². The van der Waals surface area contributed by atoms with Crippen molar-refractivity contribution < 1.29 is 14.6 Å². The molecule has 6 nitrogen and oxygen atoms in total. The molecule has 1 amide bonds. The minimum atomic E-state index is -0.629. The van der Waals surface area contributed by atoms with Gasteiger partial charge in [0.1, 0.15) is 0 Å². The van der Waals surface area contributed by atoms with E-state index >= 15 is 0 Å². The van der Waals surface area contributed by atoms with Gasteiger partial charge in [0.2, 0.25) is 0 Å². The highest BCUT2D eigenvalue weighted by Crippen LogP contribution is 2.57. The molecular weight excluding hydrogens is 306 g/mol. The minimum absolute atomic E-state index is 0.0883. The number of nitrogens with one attached hydrogen (secondary N) is 1.